The third-order valence-corrected chi connectivity index (χ3v) is 4.23. The molecule has 0 fully saturated rings. The van der Waals surface area contributed by atoms with E-state index in [9.17, 15) is 14.0 Å². The number of halogens is 1. The lowest BCUT2D eigenvalue weighted by atomic mass is 9.99. The van der Waals surface area contributed by atoms with Crippen molar-refractivity contribution in [2.75, 3.05) is 11.9 Å². The zero-order valence-electron chi connectivity index (χ0n) is 15.7. The standard InChI is InChI=1S/C21H23FN2O3/c1-21(2,3)27-20(26)24-11-10-15-12-18(9-6-16(15)13-24)23-19(25)14-4-7-17(22)8-5-14/h4-9,12H,10-11,13H2,1-3H3,(H,23,25). The molecule has 1 N–H and O–H groups in total. The fourth-order valence-electron chi connectivity index (χ4n) is 2.92. The third-order valence-electron chi connectivity index (χ3n) is 4.23. The second kappa shape index (κ2) is 7.39. The Morgan fingerprint density at radius 2 is 1.78 bits per heavy atom. The number of carbonyl (C=O) groups is 2. The summed E-state index contributed by atoms with van der Waals surface area (Å²) in [6.07, 6.45) is 0.372. The third kappa shape index (κ3) is 4.84. The number of benzene rings is 2. The van der Waals surface area contributed by atoms with E-state index >= 15 is 0 Å². The second-order valence-electron chi connectivity index (χ2n) is 7.60. The lowest BCUT2D eigenvalue weighted by Gasteiger charge is -2.31. The quantitative estimate of drug-likeness (QED) is 0.854. The maximum absolute atomic E-state index is 13.0. The van der Waals surface area contributed by atoms with Gasteiger partial charge >= 0.3 is 6.09 Å². The number of rotatable bonds is 2. The molecule has 0 saturated carbocycles. The molecule has 0 radical (unpaired) electrons. The predicted molar refractivity (Wildman–Crippen MR) is 101 cm³/mol. The van der Waals surface area contributed by atoms with E-state index in [0.717, 1.165) is 11.1 Å². The molecule has 5 nitrogen and oxygen atoms in total. The Hall–Kier alpha value is -2.89. The van der Waals surface area contributed by atoms with Crippen LogP contribution in [0.1, 0.15) is 42.3 Å². The van der Waals surface area contributed by atoms with Gasteiger partial charge in [0.25, 0.3) is 5.91 Å². The van der Waals surface area contributed by atoms with E-state index in [0.29, 0.717) is 30.8 Å². The predicted octanol–water partition coefficient (Wildman–Crippen LogP) is 4.37. The van der Waals surface area contributed by atoms with Crippen LogP contribution in [-0.4, -0.2) is 29.0 Å². The van der Waals surface area contributed by atoms with Gasteiger partial charge in [0.15, 0.2) is 0 Å². The van der Waals surface area contributed by atoms with Crippen LogP contribution in [0.3, 0.4) is 0 Å². The highest BCUT2D eigenvalue weighted by Crippen LogP contribution is 2.24. The molecule has 0 spiro atoms. The molecule has 1 aliphatic heterocycles. The molecular formula is C21H23FN2O3. The van der Waals surface area contributed by atoms with Crippen LogP contribution in [-0.2, 0) is 17.7 Å². The van der Waals surface area contributed by atoms with Crippen molar-refractivity contribution >= 4 is 17.7 Å². The van der Waals surface area contributed by atoms with E-state index in [2.05, 4.69) is 5.32 Å². The van der Waals surface area contributed by atoms with Gasteiger partial charge in [-0.05, 0) is 74.7 Å². The first-order chi connectivity index (χ1) is 12.7. The van der Waals surface area contributed by atoms with Gasteiger partial charge in [-0.3, -0.25) is 4.79 Å². The molecule has 1 aliphatic rings. The highest BCUT2D eigenvalue weighted by Gasteiger charge is 2.25. The van der Waals surface area contributed by atoms with Crippen LogP contribution in [0.5, 0.6) is 0 Å². The molecule has 0 aliphatic carbocycles. The molecule has 3 rings (SSSR count). The first-order valence-electron chi connectivity index (χ1n) is 8.88. The Morgan fingerprint density at radius 3 is 2.44 bits per heavy atom. The maximum Gasteiger partial charge on any atom is 0.410 e. The maximum atomic E-state index is 13.0. The fourth-order valence-corrected chi connectivity index (χ4v) is 2.92. The number of ether oxygens (including phenoxy) is 1. The smallest absolute Gasteiger partial charge is 0.410 e. The largest absolute Gasteiger partial charge is 0.444 e. The SMILES string of the molecule is CC(C)(C)OC(=O)N1CCc2cc(NC(=O)c3ccc(F)cc3)ccc2C1. The Morgan fingerprint density at radius 1 is 1.07 bits per heavy atom. The van der Waals surface area contributed by atoms with Crippen molar-refractivity contribution in [2.45, 2.75) is 39.3 Å². The molecule has 27 heavy (non-hydrogen) atoms. The molecule has 1 heterocycles. The van der Waals surface area contributed by atoms with Gasteiger partial charge in [0, 0.05) is 24.3 Å². The zero-order valence-corrected chi connectivity index (χ0v) is 15.7. The van der Waals surface area contributed by atoms with Crippen molar-refractivity contribution in [1.82, 2.24) is 4.90 Å². The van der Waals surface area contributed by atoms with Crippen molar-refractivity contribution in [3.63, 3.8) is 0 Å². The van der Waals surface area contributed by atoms with Crippen molar-refractivity contribution in [3.05, 3.63) is 65.0 Å². The van der Waals surface area contributed by atoms with Crippen LogP contribution >= 0.6 is 0 Å². The summed E-state index contributed by atoms with van der Waals surface area (Å²) in [7, 11) is 0. The molecule has 0 bridgehead atoms. The molecule has 0 unspecified atom stereocenters. The van der Waals surface area contributed by atoms with Crippen LogP contribution in [0.25, 0.3) is 0 Å². The molecule has 2 aromatic rings. The van der Waals surface area contributed by atoms with E-state index in [1.165, 1.54) is 24.3 Å². The van der Waals surface area contributed by atoms with E-state index in [-0.39, 0.29) is 17.8 Å². The minimum absolute atomic E-state index is 0.291. The molecule has 2 aromatic carbocycles. The number of carbonyl (C=O) groups excluding carboxylic acids is 2. The van der Waals surface area contributed by atoms with Gasteiger partial charge in [-0.25, -0.2) is 9.18 Å². The molecule has 0 saturated heterocycles. The summed E-state index contributed by atoms with van der Waals surface area (Å²) in [6, 6.07) is 11.0. The van der Waals surface area contributed by atoms with Crippen LogP contribution in [0.4, 0.5) is 14.9 Å². The molecule has 142 valence electrons. The summed E-state index contributed by atoms with van der Waals surface area (Å²) >= 11 is 0. The lowest BCUT2D eigenvalue weighted by Crippen LogP contribution is -2.39. The summed E-state index contributed by atoms with van der Waals surface area (Å²) in [5, 5.41) is 2.83. The highest BCUT2D eigenvalue weighted by molar-refractivity contribution is 6.04. The number of hydrogen-bond acceptors (Lipinski definition) is 3. The van der Waals surface area contributed by atoms with Crippen LogP contribution in [0, 0.1) is 5.82 Å². The number of fused-ring (bicyclic) bond motifs is 1. The van der Waals surface area contributed by atoms with Gasteiger partial charge in [-0.2, -0.15) is 0 Å². The Balaban J connectivity index is 1.67. The number of anilines is 1. The minimum Gasteiger partial charge on any atom is -0.444 e. The van der Waals surface area contributed by atoms with E-state index < -0.39 is 5.60 Å². The van der Waals surface area contributed by atoms with Crippen molar-refractivity contribution in [2.24, 2.45) is 0 Å². The van der Waals surface area contributed by atoms with Gasteiger partial charge in [0.05, 0.1) is 0 Å². The normalized spacial score (nSPS) is 13.7. The lowest BCUT2D eigenvalue weighted by molar-refractivity contribution is 0.0224. The molecule has 0 aromatic heterocycles. The summed E-state index contributed by atoms with van der Waals surface area (Å²) in [5.41, 5.74) is 2.67. The van der Waals surface area contributed by atoms with Crippen LogP contribution < -0.4 is 5.32 Å². The zero-order chi connectivity index (χ0) is 19.6. The van der Waals surface area contributed by atoms with E-state index in [4.69, 9.17) is 4.74 Å². The van der Waals surface area contributed by atoms with Gasteiger partial charge in [0.2, 0.25) is 0 Å². The van der Waals surface area contributed by atoms with Crippen molar-refractivity contribution in [3.8, 4) is 0 Å². The Kier molecular flexibility index (Phi) is 5.17. The minimum atomic E-state index is -0.522. The summed E-state index contributed by atoms with van der Waals surface area (Å²) < 4.78 is 18.4. The van der Waals surface area contributed by atoms with Crippen molar-refractivity contribution < 1.29 is 18.7 Å². The van der Waals surface area contributed by atoms with Crippen LogP contribution in [0.15, 0.2) is 42.5 Å². The molecule has 0 atom stereocenters. The summed E-state index contributed by atoms with van der Waals surface area (Å²) in [6.45, 7) is 6.59. The summed E-state index contributed by atoms with van der Waals surface area (Å²) in [4.78, 5) is 26.2. The average Bonchev–Trinajstić information content (AvgIpc) is 2.60. The van der Waals surface area contributed by atoms with Gasteiger partial charge < -0.3 is 15.0 Å². The first kappa shape index (κ1) is 18.9. The number of hydrogen-bond donors (Lipinski definition) is 1. The number of amides is 2. The number of nitrogens with zero attached hydrogens (tertiary/aromatic N) is 1. The fraction of sp³-hybridized carbons (Fsp3) is 0.333. The van der Waals surface area contributed by atoms with Crippen LogP contribution in [0.2, 0.25) is 0 Å². The molecular weight excluding hydrogens is 347 g/mol. The van der Waals surface area contributed by atoms with E-state index in [1.54, 1.807) is 11.0 Å². The van der Waals surface area contributed by atoms with Gasteiger partial charge in [-0.15, -0.1) is 0 Å². The Bertz CT molecular complexity index is 857. The van der Waals surface area contributed by atoms with E-state index in [1.807, 2.05) is 32.9 Å². The second-order valence-corrected chi connectivity index (χ2v) is 7.60. The highest BCUT2D eigenvalue weighted by atomic mass is 19.1. The molecule has 2 amide bonds. The first-order valence-corrected chi connectivity index (χ1v) is 8.88. The topological polar surface area (TPSA) is 58.6 Å². The van der Waals surface area contributed by atoms with Crippen molar-refractivity contribution in [1.29, 1.82) is 0 Å². The molecule has 6 heteroatoms. The monoisotopic (exact) mass is 370 g/mol. The Labute approximate surface area is 158 Å². The van der Waals surface area contributed by atoms with Gasteiger partial charge in [0.1, 0.15) is 11.4 Å². The summed E-state index contributed by atoms with van der Waals surface area (Å²) in [5.74, 6) is -0.670. The van der Waals surface area contributed by atoms with Gasteiger partial charge in [-0.1, -0.05) is 6.07 Å². The number of nitrogens with one attached hydrogen (secondary N) is 1. The average molecular weight is 370 g/mol.